The Morgan fingerprint density at radius 3 is 2.43 bits per heavy atom. The maximum Gasteiger partial charge on any atom is 0.255 e. The zero-order chi connectivity index (χ0) is 21.3. The molecule has 3 N–H and O–H groups in total. The number of nitrogens with one attached hydrogen (secondary N) is 3. The van der Waals surface area contributed by atoms with E-state index in [2.05, 4.69) is 16.0 Å². The van der Waals surface area contributed by atoms with Crippen molar-refractivity contribution < 1.29 is 14.0 Å². The van der Waals surface area contributed by atoms with Crippen molar-refractivity contribution in [2.24, 2.45) is 5.92 Å². The molecule has 2 amide bonds. The first kappa shape index (κ1) is 21.9. The number of thiocarbonyl (C=S) groups is 1. The second kappa shape index (κ2) is 10.8. The van der Waals surface area contributed by atoms with E-state index in [-0.39, 0.29) is 22.7 Å². The predicted molar refractivity (Wildman–Crippen MR) is 121 cm³/mol. The molecule has 0 saturated heterocycles. The van der Waals surface area contributed by atoms with Crippen LogP contribution in [0.4, 0.5) is 15.8 Å². The SMILES string of the molecule is O=C(CCC1CCCCC1)NC(=S)Nc1cccc(C(=O)Nc2ccc(F)cc2)c1. The van der Waals surface area contributed by atoms with Crippen LogP contribution >= 0.6 is 12.2 Å². The van der Waals surface area contributed by atoms with E-state index in [1.54, 1.807) is 24.3 Å². The van der Waals surface area contributed by atoms with Gasteiger partial charge in [-0.15, -0.1) is 0 Å². The minimum atomic E-state index is -0.367. The predicted octanol–water partition coefficient (Wildman–Crippen LogP) is 5.25. The molecule has 0 radical (unpaired) electrons. The van der Waals surface area contributed by atoms with Gasteiger partial charge in [-0.25, -0.2) is 4.39 Å². The van der Waals surface area contributed by atoms with Gasteiger partial charge in [0.05, 0.1) is 0 Å². The number of hydrogen-bond donors (Lipinski definition) is 3. The number of amides is 2. The first-order valence-corrected chi connectivity index (χ1v) is 10.7. The molecule has 0 bridgehead atoms. The van der Waals surface area contributed by atoms with Gasteiger partial charge in [0.15, 0.2) is 5.11 Å². The minimum Gasteiger partial charge on any atom is -0.332 e. The average molecular weight is 428 g/mol. The molecule has 3 rings (SSSR count). The highest BCUT2D eigenvalue weighted by Crippen LogP contribution is 2.27. The van der Waals surface area contributed by atoms with Gasteiger partial charge in [-0.2, -0.15) is 0 Å². The lowest BCUT2D eigenvalue weighted by atomic mass is 9.86. The first-order valence-electron chi connectivity index (χ1n) is 10.3. The molecule has 0 spiro atoms. The summed E-state index contributed by atoms with van der Waals surface area (Å²) in [5.41, 5.74) is 1.51. The van der Waals surface area contributed by atoms with Crippen molar-refractivity contribution >= 4 is 40.5 Å². The lowest BCUT2D eigenvalue weighted by Crippen LogP contribution is -2.34. The van der Waals surface area contributed by atoms with Crippen molar-refractivity contribution in [1.82, 2.24) is 5.32 Å². The summed E-state index contributed by atoms with van der Waals surface area (Å²) < 4.78 is 13.0. The number of carbonyl (C=O) groups excluding carboxylic acids is 2. The quantitative estimate of drug-likeness (QED) is 0.551. The second-order valence-corrected chi connectivity index (χ2v) is 8.00. The minimum absolute atomic E-state index is 0.0942. The van der Waals surface area contributed by atoms with Gasteiger partial charge < -0.3 is 16.0 Å². The van der Waals surface area contributed by atoms with Crippen LogP contribution in [0.15, 0.2) is 48.5 Å². The van der Waals surface area contributed by atoms with Crippen LogP contribution in [0.3, 0.4) is 0 Å². The molecule has 0 aromatic heterocycles. The highest BCUT2D eigenvalue weighted by molar-refractivity contribution is 7.80. The van der Waals surface area contributed by atoms with Crippen LogP contribution in [-0.2, 0) is 4.79 Å². The van der Waals surface area contributed by atoms with Crippen LogP contribution in [0, 0.1) is 11.7 Å². The monoisotopic (exact) mass is 427 g/mol. The number of hydrogen-bond acceptors (Lipinski definition) is 3. The van der Waals surface area contributed by atoms with Crippen molar-refractivity contribution in [2.45, 2.75) is 44.9 Å². The Balaban J connectivity index is 1.48. The third-order valence-corrected chi connectivity index (χ3v) is 5.45. The van der Waals surface area contributed by atoms with Crippen LogP contribution in [0.2, 0.25) is 0 Å². The van der Waals surface area contributed by atoms with E-state index in [4.69, 9.17) is 12.2 Å². The summed E-state index contributed by atoms with van der Waals surface area (Å²) in [4.78, 5) is 24.6. The summed E-state index contributed by atoms with van der Waals surface area (Å²) in [5, 5.41) is 8.57. The zero-order valence-corrected chi connectivity index (χ0v) is 17.6. The molecule has 5 nitrogen and oxygen atoms in total. The van der Waals surface area contributed by atoms with Crippen molar-refractivity contribution in [1.29, 1.82) is 0 Å². The summed E-state index contributed by atoms with van der Waals surface area (Å²) in [6.45, 7) is 0. The molecule has 0 unspecified atom stereocenters. The standard InChI is InChI=1S/C23H26FN3O2S/c24-18-10-12-19(13-11-18)25-22(29)17-7-4-8-20(15-17)26-23(30)27-21(28)14-9-16-5-2-1-3-6-16/h4,7-8,10-13,15-16H,1-3,5-6,9,14H2,(H,25,29)(H2,26,27,28,30). The smallest absolute Gasteiger partial charge is 0.255 e. The molecular weight excluding hydrogens is 401 g/mol. The van der Waals surface area contributed by atoms with E-state index in [0.29, 0.717) is 29.3 Å². The second-order valence-electron chi connectivity index (χ2n) is 7.59. The third kappa shape index (κ3) is 6.91. The number of halogens is 1. The van der Waals surface area contributed by atoms with E-state index in [0.717, 1.165) is 6.42 Å². The highest BCUT2D eigenvalue weighted by Gasteiger charge is 2.15. The van der Waals surface area contributed by atoms with Crippen LogP contribution in [0.25, 0.3) is 0 Å². The topological polar surface area (TPSA) is 70.2 Å². The Labute approximate surface area is 181 Å². The van der Waals surface area contributed by atoms with E-state index < -0.39 is 0 Å². The largest absolute Gasteiger partial charge is 0.332 e. The molecule has 7 heteroatoms. The summed E-state index contributed by atoms with van der Waals surface area (Å²) in [6.07, 6.45) is 7.61. The maximum absolute atomic E-state index is 13.0. The van der Waals surface area contributed by atoms with Gasteiger partial charge in [0, 0.05) is 23.4 Å². The average Bonchev–Trinajstić information content (AvgIpc) is 2.74. The van der Waals surface area contributed by atoms with Gasteiger partial charge in [0.1, 0.15) is 5.82 Å². The summed E-state index contributed by atoms with van der Waals surface area (Å²) in [6, 6.07) is 12.3. The van der Waals surface area contributed by atoms with Crippen LogP contribution in [0.1, 0.15) is 55.3 Å². The molecule has 158 valence electrons. The molecule has 30 heavy (non-hydrogen) atoms. The Morgan fingerprint density at radius 1 is 0.967 bits per heavy atom. The van der Waals surface area contributed by atoms with Gasteiger partial charge >= 0.3 is 0 Å². The molecule has 2 aromatic carbocycles. The number of benzene rings is 2. The maximum atomic E-state index is 13.0. The number of carbonyl (C=O) groups is 2. The molecule has 2 aromatic rings. The molecule has 0 aliphatic heterocycles. The molecule has 1 saturated carbocycles. The Bertz CT molecular complexity index is 896. The van der Waals surface area contributed by atoms with Crippen LogP contribution < -0.4 is 16.0 Å². The van der Waals surface area contributed by atoms with Crippen molar-refractivity contribution in [3.63, 3.8) is 0 Å². The highest BCUT2D eigenvalue weighted by atomic mass is 32.1. The Hall–Kier alpha value is -2.80. The molecule has 0 heterocycles. The first-order chi connectivity index (χ1) is 14.5. The molecule has 1 aliphatic carbocycles. The van der Waals surface area contributed by atoms with E-state index in [9.17, 15) is 14.0 Å². The summed E-state index contributed by atoms with van der Waals surface area (Å²) in [5.74, 6) is -0.146. The summed E-state index contributed by atoms with van der Waals surface area (Å²) in [7, 11) is 0. The Kier molecular flexibility index (Phi) is 7.90. The molecular formula is C23H26FN3O2S. The van der Waals surface area contributed by atoms with Gasteiger partial charge in [-0.3, -0.25) is 9.59 Å². The van der Waals surface area contributed by atoms with E-state index in [1.165, 1.54) is 56.4 Å². The number of rotatable bonds is 6. The van der Waals surface area contributed by atoms with Gasteiger partial charge in [0.2, 0.25) is 5.91 Å². The fourth-order valence-corrected chi connectivity index (χ4v) is 3.87. The van der Waals surface area contributed by atoms with Gasteiger partial charge in [0.25, 0.3) is 5.91 Å². The Morgan fingerprint density at radius 2 is 1.70 bits per heavy atom. The van der Waals surface area contributed by atoms with Crippen LogP contribution in [0.5, 0.6) is 0 Å². The lowest BCUT2D eigenvalue weighted by Gasteiger charge is -2.21. The fraction of sp³-hybridized carbons (Fsp3) is 0.348. The lowest BCUT2D eigenvalue weighted by molar-refractivity contribution is -0.120. The van der Waals surface area contributed by atoms with Crippen molar-refractivity contribution in [2.75, 3.05) is 10.6 Å². The molecule has 1 aliphatic rings. The fourth-order valence-electron chi connectivity index (χ4n) is 3.64. The summed E-state index contributed by atoms with van der Waals surface area (Å²) >= 11 is 5.23. The zero-order valence-electron chi connectivity index (χ0n) is 16.7. The van der Waals surface area contributed by atoms with Crippen LogP contribution in [-0.4, -0.2) is 16.9 Å². The molecule has 0 atom stereocenters. The van der Waals surface area contributed by atoms with E-state index >= 15 is 0 Å². The van der Waals surface area contributed by atoms with Gasteiger partial charge in [-0.05, 0) is 67.0 Å². The normalized spacial score (nSPS) is 14.0. The van der Waals surface area contributed by atoms with Crippen molar-refractivity contribution in [3.8, 4) is 0 Å². The molecule has 1 fully saturated rings. The van der Waals surface area contributed by atoms with E-state index in [1.807, 2.05) is 0 Å². The third-order valence-electron chi connectivity index (χ3n) is 5.24. The van der Waals surface area contributed by atoms with Crippen molar-refractivity contribution in [3.05, 3.63) is 59.9 Å². The van der Waals surface area contributed by atoms with Gasteiger partial charge in [-0.1, -0.05) is 38.2 Å². The number of anilines is 2.